The Labute approximate surface area is 140 Å². The van der Waals surface area contributed by atoms with Crippen molar-refractivity contribution in [3.05, 3.63) is 75.8 Å². The zero-order valence-corrected chi connectivity index (χ0v) is 13.2. The third-order valence-electron chi connectivity index (χ3n) is 4.54. The van der Waals surface area contributed by atoms with Crippen LogP contribution < -0.4 is 0 Å². The van der Waals surface area contributed by atoms with Crippen LogP contribution in [-0.2, 0) is 9.53 Å². The molecule has 5 nitrogen and oxygen atoms in total. The lowest BCUT2D eigenvalue weighted by atomic mass is 9.84. The van der Waals surface area contributed by atoms with Crippen molar-refractivity contribution in [3.8, 4) is 0 Å². The normalized spacial score (nSPS) is 23.6. The Balaban J connectivity index is 1.85. The van der Waals surface area contributed by atoms with Crippen LogP contribution in [0.4, 0.5) is 5.69 Å². The topological polar surface area (TPSA) is 69.4 Å². The molecule has 24 heavy (non-hydrogen) atoms. The second-order valence-electron chi connectivity index (χ2n) is 6.04. The highest BCUT2D eigenvalue weighted by Crippen LogP contribution is 2.43. The average molecular weight is 325 g/mol. The van der Waals surface area contributed by atoms with E-state index in [0.717, 1.165) is 30.3 Å². The molecule has 0 amide bonds. The number of non-ortho nitro benzene ring substituents is 1. The summed E-state index contributed by atoms with van der Waals surface area (Å²) in [6.45, 7) is 0. The zero-order valence-electron chi connectivity index (χ0n) is 13.2. The molecule has 1 saturated heterocycles. The molecule has 0 N–H and O–H groups in total. The highest BCUT2D eigenvalue weighted by Gasteiger charge is 2.33. The largest absolute Gasteiger partial charge is 0.365 e. The maximum absolute atomic E-state index is 11.0. The number of nitro groups is 1. The van der Waals surface area contributed by atoms with Gasteiger partial charge in [0, 0.05) is 18.6 Å². The standard InChI is InChI=1S/C19H19NO4/c21-13-12-16-8-11-18(14-4-2-1-3-5-14)24-19(16)15-6-9-17(10-7-15)20(22)23/h1-7,9-10,13,16,18-19H,8,11-12H2/t16-,18+,19+/m1/s1. The Hall–Kier alpha value is -2.53. The van der Waals surface area contributed by atoms with E-state index < -0.39 is 4.92 Å². The third kappa shape index (κ3) is 3.51. The highest BCUT2D eigenvalue weighted by molar-refractivity contribution is 5.50. The van der Waals surface area contributed by atoms with Crippen molar-refractivity contribution in [1.82, 2.24) is 0 Å². The van der Waals surface area contributed by atoms with E-state index in [1.54, 1.807) is 12.1 Å². The second kappa shape index (κ2) is 7.36. The molecule has 1 heterocycles. The molecule has 1 fully saturated rings. The monoisotopic (exact) mass is 325 g/mol. The van der Waals surface area contributed by atoms with E-state index in [4.69, 9.17) is 4.74 Å². The summed E-state index contributed by atoms with van der Waals surface area (Å²) in [7, 11) is 0. The Kier molecular flexibility index (Phi) is 5.01. The lowest BCUT2D eigenvalue weighted by molar-refractivity contribution is -0.384. The molecular weight excluding hydrogens is 306 g/mol. The fourth-order valence-electron chi connectivity index (χ4n) is 3.29. The first-order chi connectivity index (χ1) is 11.7. The van der Waals surface area contributed by atoms with Crippen molar-refractivity contribution >= 4 is 12.0 Å². The van der Waals surface area contributed by atoms with Crippen LogP contribution in [0.15, 0.2) is 54.6 Å². The fourth-order valence-corrected chi connectivity index (χ4v) is 3.29. The molecule has 0 aromatic heterocycles. The Bertz CT molecular complexity index is 699. The number of hydrogen-bond acceptors (Lipinski definition) is 4. The number of nitro benzene ring substituents is 1. The number of benzene rings is 2. The summed E-state index contributed by atoms with van der Waals surface area (Å²) in [5.41, 5.74) is 2.06. The number of ether oxygens (including phenoxy) is 1. The molecule has 0 unspecified atom stereocenters. The van der Waals surface area contributed by atoms with E-state index in [2.05, 4.69) is 0 Å². The quantitative estimate of drug-likeness (QED) is 0.464. The molecule has 0 bridgehead atoms. The predicted molar refractivity (Wildman–Crippen MR) is 89.5 cm³/mol. The lowest BCUT2D eigenvalue weighted by Gasteiger charge is -2.36. The van der Waals surface area contributed by atoms with Crippen molar-refractivity contribution in [2.45, 2.75) is 31.5 Å². The molecule has 0 spiro atoms. The van der Waals surface area contributed by atoms with Crippen molar-refractivity contribution in [2.24, 2.45) is 5.92 Å². The summed E-state index contributed by atoms with van der Waals surface area (Å²) < 4.78 is 6.30. The van der Waals surface area contributed by atoms with Gasteiger partial charge >= 0.3 is 0 Å². The van der Waals surface area contributed by atoms with Crippen molar-refractivity contribution in [2.75, 3.05) is 0 Å². The van der Waals surface area contributed by atoms with E-state index in [1.165, 1.54) is 12.1 Å². The van der Waals surface area contributed by atoms with E-state index in [1.807, 2.05) is 30.3 Å². The van der Waals surface area contributed by atoms with Gasteiger partial charge in [0.15, 0.2) is 0 Å². The van der Waals surface area contributed by atoms with Gasteiger partial charge < -0.3 is 9.53 Å². The number of rotatable bonds is 5. The van der Waals surface area contributed by atoms with Crippen LogP contribution in [0.25, 0.3) is 0 Å². The first kappa shape index (κ1) is 16.3. The summed E-state index contributed by atoms with van der Waals surface area (Å²) in [5, 5.41) is 10.8. The van der Waals surface area contributed by atoms with Gasteiger partial charge in [0.05, 0.1) is 17.1 Å². The van der Waals surface area contributed by atoms with E-state index in [-0.39, 0.29) is 23.8 Å². The van der Waals surface area contributed by atoms with Gasteiger partial charge in [-0.2, -0.15) is 0 Å². The molecule has 2 aromatic carbocycles. The number of carbonyl (C=O) groups is 1. The van der Waals surface area contributed by atoms with Crippen molar-refractivity contribution in [3.63, 3.8) is 0 Å². The van der Waals surface area contributed by atoms with Crippen LogP contribution in [0.2, 0.25) is 0 Å². The summed E-state index contributed by atoms with van der Waals surface area (Å²) in [5.74, 6) is 0.101. The van der Waals surface area contributed by atoms with Gasteiger partial charge in [-0.25, -0.2) is 0 Å². The van der Waals surface area contributed by atoms with Crippen LogP contribution in [0.1, 0.15) is 42.6 Å². The first-order valence-corrected chi connectivity index (χ1v) is 8.07. The lowest BCUT2D eigenvalue weighted by Crippen LogP contribution is -2.25. The molecular formula is C19H19NO4. The summed E-state index contributed by atoms with van der Waals surface area (Å²) in [4.78, 5) is 21.4. The SMILES string of the molecule is O=CC[C@H]1CC[C@@H](c2ccccc2)O[C@H]1c1ccc([N+](=O)[O-])cc1. The molecule has 5 heteroatoms. The van der Waals surface area contributed by atoms with Gasteiger partial charge in [-0.3, -0.25) is 10.1 Å². The molecule has 124 valence electrons. The Morgan fingerprint density at radius 1 is 1.04 bits per heavy atom. The summed E-state index contributed by atoms with van der Waals surface area (Å²) in [6, 6.07) is 16.5. The van der Waals surface area contributed by atoms with Crippen molar-refractivity contribution in [1.29, 1.82) is 0 Å². The first-order valence-electron chi connectivity index (χ1n) is 8.07. The molecule has 0 saturated carbocycles. The van der Waals surface area contributed by atoms with Crippen LogP contribution >= 0.6 is 0 Å². The second-order valence-corrected chi connectivity index (χ2v) is 6.04. The number of carbonyl (C=O) groups excluding carboxylic acids is 1. The number of hydrogen-bond donors (Lipinski definition) is 0. The number of nitrogens with zero attached hydrogens (tertiary/aromatic N) is 1. The van der Waals surface area contributed by atoms with E-state index in [9.17, 15) is 14.9 Å². The Morgan fingerprint density at radius 3 is 2.38 bits per heavy atom. The van der Waals surface area contributed by atoms with Crippen LogP contribution in [0, 0.1) is 16.0 Å². The van der Waals surface area contributed by atoms with Gasteiger partial charge in [-0.15, -0.1) is 0 Å². The fraction of sp³-hybridized carbons (Fsp3) is 0.316. The van der Waals surface area contributed by atoms with Gasteiger partial charge in [-0.1, -0.05) is 30.3 Å². The van der Waals surface area contributed by atoms with E-state index >= 15 is 0 Å². The predicted octanol–water partition coefficient (Wildman–Crippen LogP) is 4.39. The maximum Gasteiger partial charge on any atom is 0.269 e. The van der Waals surface area contributed by atoms with Gasteiger partial charge in [0.2, 0.25) is 0 Å². The highest BCUT2D eigenvalue weighted by atomic mass is 16.6. The third-order valence-corrected chi connectivity index (χ3v) is 4.54. The van der Waals surface area contributed by atoms with Crippen LogP contribution in [0.5, 0.6) is 0 Å². The van der Waals surface area contributed by atoms with Gasteiger partial charge in [0.1, 0.15) is 6.29 Å². The molecule has 1 aliphatic heterocycles. The van der Waals surface area contributed by atoms with Gasteiger partial charge in [0.25, 0.3) is 5.69 Å². The minimum absolute atomic E-state index is 0.0192. The minimum Gasteiger partial charge on any atom is -0.365 e. The Morgan fingerprint density at radius 2 is 1.75 bits per heavy atom. The van der Waals surface area contributed by atoms with Crippen LogP contribution in [0.3, 0.4) is 0 Å². The average Bonchev–Trinajstić information content (AvgIpc) is 2.63. The summed E-state index contributed by atoms with van der Waals surface area (Å²) in [6.07, 6.45) is 2.87. The molecule has 2 aromatic rings. The van der Waals surface area contributed by atoms with Gasteiger partial charge in [-0.05, 0) is 42.0 Å². The van der Waals surface area contributed by atoms with E-state index in [0.29, 0.717) is 6.42 Å². The zero-order chi connectivity index (χ0) is 16.9. The van der Waals surface area contributed by atoms with Crippen molar-refractivity contribution < 1.29 is 14.5 Å². The molecule has 1 aliphatic rings. The number of aldehydes is 1. The minimum atomic E-state index is -0.415. The molecule has 3 atom stereocenters. The molecule has 3 rings (SSSR count). The smallest absolute Gasteiger partial charge is 0.269 e. The summed E-state index contributed by atoms with van der Waals surface area (Å²) >= 11 is 0. The molecule has 0 aliphatic carbocycles. The molecule has 0 radical (unpaired) electrons. The maximum atomic E-state index is 11.0. The van der Waals surface area contributed by atoms with Crippen LogP contribution in [-0.4, -0.2) is 11.2 Å².